The predicted octanol–water partition coefficient (Wildman–Crippen LogP) is 2.08. The van der Waals surface area contributed by atoms with Gasteiger partial charge in [-0.1, -0.05) is 20.8 Å². The first-order valence-electron chi connectivity index (χ1n) is 5.22. The SMILES string of the molecule is CCN1CC1C1=CN=C(C(C)C)C1. The molecule has 1 fully saturated rings. The third kappa shape index (κ3) is 1.68. The van der Waals surface area contributed by atoms with E-state index in [1.54, 1.807) is 0 Å². The van der Waals surface area contributed by atoms with Gasteiger partial charge in [-0.3, -0.25) is 9.89 Å². The molecule has 2 aliphatic rings. The second-order valence-corrected chi connectivity index (χ2v) is 4.26. The first-order chi connectivity index (χ1) is 6.22. The quantitative estimate of drug-likeness (QED) is 0.604. The van der Waals surface area contributed by atoms with Crippen molar-refractivity contribution < 1.29 is 0 Å². The zero-order valence-electron chi connectivity index (χ0n) is 8.75. The molecule has 0 radical (unpaired) electrons. The van der Waals surface area contributed by atoms with Crippen molar-refractivity contribution in [2.24, 2.45) is 10.9 Å². The van der Waals surface area contributed by atoms with E-state index in [0.29, 0.717) is 5.92 Å². The lowest BCUT2D eigenvalue weighted by Gasteiger charge is -2.05. The van der Waals surface area contributed by atoms with E-state index in [9.17, 15) is 0 Å². The first-order valence-corrected chi connectivity index (χ1v) is 5.22. The second-order valence-electron chi connectivity index (χ2n) is 4.26. The van der Waals surface area contributed by atoms with Crippen LogP contribution in [-0.4, -0.2) is 29.7 Å². The van der Waals surface area contributed by atoms with E-state index in [-0.39, 0.29) is 0 Å². The molecule has 1 saturated heterocycles. The van der Waals surface area contributed by atoms with Crippen molar-refractivity contribution in [3.63, 3.8) is 0 Å². The molecule has 2 nitrogen and oxygen atoms in total. The molecule has 0 aromatic heterocycles. The molecular formula is C11H18N2. The van der Waals surface area contributed by atoms with Crippen LogP contribution in [0.1, 0.15) is 27.2 Å². The minimum Gasteiger partial charge on any atom is -0.294 e. The molecule has 0 saturated carbocycles. The monoisotopic (exact) mass is 178 g/mol. The van der Waals surface area contributed by atoms with Crippen LogP contribution in [0.2, 0.25) is 0 Å². The van der Waals surface area contributed by atoms with Crippen LogP contribution in [0.5, 0.6) is 0 Å². The number of hydrogen-bond donors (Lipinski definition) is 0. The van der Waals surface area contributed by atoms with Gasteiger partial charge in [-0.15, -0.1) is 0 Å². The van der Waals surface area contributed by atoms with Gasteiger partial charge in [-0.2, -0.15) is 0 Å². The lowest BCUT2D eigenvalue weighted by atomic mass is 10.0. The van der Waals surface area contributed by atoms with E-state index < -0.39 is 0 Å². The molecule has 2 unspecified atom stereocenters. The molecule has 2 aliphatic heterocycles. The average Bonchev–Trinajstić information content (AvgIpc) is 2.73. The van der Waals surface area contributed by atoms with E-state index in [1.807, 2.05) is 0 Å². The largest absolute Gasteiger partial charge is 0.294 e. The maximum Gasteiger partial charge on any atom is 0.0457 e. The van der Waals surface area contributed by atoms with E-state index in [0.717, 1.165) is 12.5 Å². The van der Waals surface area contributed by atoms with Crippen LogP contribution < -0.4 is 0 Å². The van der Waals surface area contributed by atoms with Gasteiger partial charge in [0.05, 0.1) is 0 Å². The van der Waals surface area contributed by atoms with Crippen LogP contribution in [0.4, 0.5) is 0 Å². The summed E-state index contributed by atoms with van der Waals surface area (Å²) < 4.78 is 0. The highest BCUT2D eigenvalue weighted by Gasteiger charge is 2.36. The number of aliphatic imine (C=N–C) groups is 1. The zero-order valence-corrected chi connectivity index (χ0v) is 8.75. The highest BCUT2D eigenvalue weighted by atomic mass is 15.3. The van der Waals surface area contributed by atoms with E-state index in [2.05, 4.69) is 36.9 Å². The first kappa shape index (κ1) is 8.95. The van der Waals surface area contributed by atoms with E-state index >= 15 is 0 Å². The number of hydrogen-bond acceptors (Lipinski definition) is 2. The molecule has 2 rings (SSSR count). The molecule has 0 aromatic rings. The Morgan fingerprint density at radius 1 is 1.62 bits per heavy atom. The topological polar surface area (TPSA) is 15.4 Å². The summed E-state index contributed by atoms with van der Waals surface area (Å²) >= 11 is 0. The number of rotatable bonds is 3. The van der Waals surface area contributed by atoms with Crippen molar-refractivity contribution in [3.05, 3.63) is 11.8 Å². The van der Waals surface area contributed by atoms with Crippen LogP contribution in [0, 0.1) is 5.92 Å². The van der Waals surface area contributed by atoms with Gasteiger partial charge in [-0.25, -0.2) is 0 Å². The van der Waals surface area contributed by atoms with Crippen LogP contribution >= 0.6 is 0 Å². The summed E-state index contributed by atoms with van der Waals surface area (Å²) in [7, 11) is 0. The van der Waals surface area contributed by atoms with Gasteiger partial charge in [0.15, 0.2) is 0 Å². The Bertz CT molecular complexity index is 263. The molecule has 2 heterocycles. The second kappa shape index (κ2) is 3.26. The van der Waals surface area contributed by atoms with Crippen molar-refractivity contribution >= 4 is 5.71 Å². The Morgan fingerprint density at radius 3 is 2.85 bits per heavy atom. The lowest BCUT2D eigenvalue weighted by Crippen LogP contribution is -2.08. The third-order valence-electron chi connectivity index (χ3n) is 3.00. The molecule has 0 aromatic carbocycles. The number of likely N-dealkylation sites (N-methyl/N-ethyl adjacent to an activating group) is 1. The smallest absolute Gasteiger partial charge is 0.0457 e. The maximum atomic E-state index is 4.47. The average molecular weight is 178 g/mol. The standard InChI is InChI=1S/C11H18N2/c1-4-13-7-11(13)9-5-10(8(2)3)12-6-9/h6,8,11H,4-5,7H2,1-3H3. The fourth-order valence-corrected chi connectivity index (χ4v) is 1.90. The van der Waals surface area contributed by atoms with Gasteiger partial charge < -0.3 is 0 Å². The minimum absolute atomic E-state index is 0.613. The summed E-state index contributed by atoms with van der Waals surface area (Å²) in [5, 5.41) is 0. The van der Waals surface area contributed by atoms with E-state index in [1.165, 1.54) is 24.4 Å². The van der Waals surface area contributed by atoms with Crippen molar-refractivity contribution in [2.45, 2.75) is 33.2 Å². The molecule has 0 amide bonds. The Morgan fingerprint density at radius 2 is 2.38 bits per heavy atom. The van der Waals surface area contributed by atoms with E-state index in [4.69, 9.17) is 0 Å². The Balaban J connectivity index is 1.89. The molecule has 0 aliphatic carbocycles. The molecule has 2 atom stereocenters. The molecule has 0 bridgehead atoms. The summed E-state index contributed by atoms with van der Waals surface area (Å²) in [6.45, 7) is 9.10. The molecule has 0 N–H and O–H groups in total. The summed E-state index contributed by atoms with van der Waals surface area (Å²) in [4.78, 5) is 6.95. The molecule has 0 spiro atoms. The van der Waals surface area contributed by atoms with Crippen LogP contribution in [-0.2, 0) is 0 Å². The molecule has 2 heteroatoms. The van der Waals surface area contributed by atoms with Crippen LogP contribution in [0.25, 0.3) is 0 Å². The minimum atomic E-state index is 0.613. The third-order valence-corrected chi connectivity index (χ3v) is 3.00. The highest BCUT2D eigenvalue weighted by Crippen LogP contribution is 2.30. The summed E-state index contributed by atoms with van der Waals surface area (Å²) in [6.07, 6.45) is 3.22. The van der Waals surface area contributed by atoms with Crippen LogP contribution in [0.15, 0.2) is 16.8 Å². The van der Waals surface area contributed by atoms with Crippen molar-refractivity contribution in [2.75, 3.05) is 13.1 Å². The van der Waals surface area contributed by atoms with Crippen molar-refractivity contribution in [1.82, 2.24) is 4.90 Å². The zero-order chi connectivity index (χ0) is 9.42. The molecule has 72 valence electrons. The van der Waals surface area contributed by atoms with Gasteiger partial charge in [0.1, 0.15) is 0 Å². The van der Waals surface area contributed by atoms with Crippen molar-refractivity contribution in [1.29, 1.82) is 0 Å². The fourth-order valence-electron chi connectivity index (χ4n) is 1.90. The number of nitrogens with zero attached hydrogens (tertiary/aromatic N) is 2. The maximum absolute atomic E-state index is 4.47. The Labute approximate surface area is 80.3 Å². The molecular weight excluding hydrogens is 160 g/mol. The normalized spacial score (nSPS) is 32.0. The van der Waals surface area contributed by atoms with Gasteiger partial charge >= 0.3 is 0 Å². The van der Waals surface area contributed by atoms with Gasteiger partial charge in [0.2, 0.25) is 0 Å². The summed E-state index contributed by atoms with van der Waals surface area (Å²) in [6, 6.07) is 0.727. The van der Waals surface area contributed by atoms with Crippen molar-refractivity contribution in [3.8, 4) is 0 Å². The predicted molar refractivity (Wildman–Crippen MR) is 56.0 cm³/mol. The Kier molecular flexibility index (Phi) is 2.24. The van der Waals surface area contributed by atoms with Gasteiger partial charge in [0.25, 0.3) is 0 Å². The molecule has 13 heavy (non-hydrogen) atoms. The highest BCUT2D eigenvalue weighted by molar-refractivity contribution is 5.91. The Hall–Kier alpha value is -0.630. The summed E-state index contributed by atoms with van der Waals surface area (Å²) in [5.41, 5.74) is 2.89. The summed E-state index contributed by atoms with van der Waals surface area (Å²) in [5.74, 6) is 0.613. The fraction of sp³-hybridized carbons (Fsp3) is 0.727. The lowest BCUT2D eigenvalue weighted by molar-refractivity contribution is 0.556. The van der Waals surface area contributed by atoms with Gasteiger partial charge in [0, 0.05) is 30.9 Å². The van der Waals surface area contributed by atoms with Crippen LogP contribution in [0.3, 0.4) is 0 Å². The van der Waals surface area contributed by atoms with Gasteiger partial charge in [-0.05, 0) is 18.0 Å².